The molecule has 0 atom stereocenters. The number of rotatable bonds is 6. The molecule has 0 fully saturated rings. The van der Waals surface area contributed by atoms with Crippen LogP contribution in [0.15, 0.2) is 60.7 Å². The van der Waals surface area contributed by atoms with Crippen molar-refractivity contribution in [3.8, 4) is 34.2 Å². The summed E-state index contributed by atoms with van der Waals surface area (Å²) >= 11 is 0. The molecule has 0 bridgehead atoms. The van der Waals surface area contributed by atoms with E-state index in [4.69, 9.17) is 19.9 Å². The Morgan fingerprint density at radius 2 is 1.89 bits per heavy atom. The van der Waals surface area contributed by atoms with Crippen LogP contribution in [0.1, 0.15) is 5.56 Å². The number of nitrogens with one attached hydrogen (secondary N) is 1. The van der Waals surface area contributed by atoms with E-state index >= 15 is 4.39 Å². The molecule has 0 amide bonds. The molecule has 6 rings (SSSR count). The summed E-state index contributed by atoms with van der Waals surface area (Å²) in [7, 11) is 1.45. The molecule has 1 aliphatic heterocycles. The third kappa shape index (κ3) is 4.10. The zero-order chi connectivity index (χ0) is 25.5. The first kappa shape index (κ1) is 22.5. The van der Waals surface area contributed by atoms with Crippen LogP contribution in [0, 0.1) is 11.6 Å². The molecule has 3 N–H and O–H groups in total. The summed E-state index contributed by atoms with van der Waals surface area (Å²) in [6, 6.07) is 15.8. The molecule has 0 saturated heterocycles. The van der Waals surface area contributed by atoms with Gasteiger partial charge in [-0.3, -0.25) is 0 Å². The predicted molar refractivity (Wildman–Crippen MR) is 133 cm³/mol. The van der Waals surface area contributed by atoms with E-state index in [-0.39, 0.29) is 35.5 Å². The number of nitrogen functional groups attached to an aromatic ring is 1. The number of ether oxygens (including phenoxy) is 3. The third-order valence-electron chi connectivity index (χ3n) is 5.94. The molecule has 186 valence electrons. The molecule has 0 aliphatic carbocycles. The number of benzene rings is 3. The van der Waals surface area contributed by atoms with Crippen LogP contribution in [0.5, 0.6) is 17.2 Å². The highest BCUT2D eigenvalue weighted by molar-refractivity contribution is 5.99. The molecular formula is C26H20F2N6O3. The summed E-state index contributed by atoms with van der Waals surface area (Å²) < 4.78 is 46.4. The Hall–Kier alpha value is -4.93. The Kier molecular flexibility index (Phi) is 5.44. The Balaban J connectivity index is 1.46. The van der Waals surface area contributed by atoms with Crippen LogP contribution in [0.2, 0.25) is 0 Å². The lowest BCUT2D eigenvalue weighted by molar-refractivity contribution is 0.174. The van der Waals surface area contributed by atoms with Gasteiger partial charge in [0.1, 0.15) is 23.2 Å². The number of nitrogens with two attached hydrogens (primary N) is 1. The fraction of sp³-hybridized carbons (Fsp3) is 0.115. The van der Waals surface area contributed by atoms with Gasteiger partial charge in [0.05, 0.1) is 23.9 Å². The van der Waals surface area contributed by atoms with Gasteiger partial charge in [0.2, 0.25) is 12.7 Å². The first-order chi connectivity index (χ1) is 18.0. The smallest absolute Gasteiger partial charge is 0.231 e. The van der Waals surface area contributed by atoms with Gasteiger partial charge in [0.15, 0.2) is 17.1 Å². The van der Waals surface area contributed by atoms with Crippen molar-refractivity contribution in [1.29, 1.82) is 0 Å². The minimum absolute atomic E-state index is 0.146. The molecule has 37 heavy (non-hydrogen) atoms. The van der Waals surface area contributed by atoms with Crippen molar-refractivity contribution in [3.63, 3.8) is 0 Å². The summed E-state index contributed by atoms with van der Waals surface area (Å²) in [6.07, 6.45) is 0. The summed E-state index contributed by atoms with van der Waals surface area (Å²) in [6.45, 7) is 0.533. The normalized spacial score (nSPS) is 12.2. The lowest BCUT2D eigenvalue weighted by atomic mass is 10.1. The van der Waals surface area contributed by atoms with Crippen molar-refractivity contribution < 1.29 is 23.0 Å². The van der Waals surface area contributed by atoms with E-state index in [0.29, 0.717) is 34.9 Å². The Labute approximate surface area is 209 Å². The Morgan fingerprint density at radius 1 is 1.03 bits per heavy atom. The van der Waals surface area contributed by atoms with Gasteiger partial charge in [-0.1, -0.05) is 12.1 Å². The van der Waals surface area contributed by atoms with E-state index in [9.17, 15) is 4.39 Å². The highest BCUT2D eigenvalue weighted by Gasteiger charge is 2.22. The second-order valence-electron chi connectivity index (χ2n) is 8.26. The maximum atomic E-state index is 15.2. The van der Waals surface area contributed by atoms with Gasteiger partial charge >= 0.3 is 0 Å². The minimum Gasteiger partial charge on any atom is -0.497 e. The van der Waals surface area contributed by atoms with E-state index in [1.54, 1.807) is 24.3 Å². The highest BCUT2D eigenvalue weighted by atomic mass is 19.1. The molecule has 0 spiro atoms. The van der Waals surface area contributed by atoms with Crippen molar-refractivity contribution in [2.24, 2.45) is 0 Å². The van der Waals surface area contributed by atoms with Crippen LogP contribution >= 0.6 is 0 Å². The number of nitrogens with zero attached hydrogens (tertiary/aromatic N) is 4. The number of hydrogen-bond donors (Lipinski definition) is 2. The lowest BCUT2D eigenvalue weighted by Crippen LogP contribution is -2.05. The van der Waals surface area contributed by atoms with Gasteiger partial charge in [0, 0.05) is 18.2 Å². The molecule has 2 aromatic heterocycles. The van der Waals surface area contributed by atoms with Gasteiger partial charge in [-0.2, -0.15) is 4.98 Å². The average Bonchev–Trinajstić information content (AvgIpc) is 3.51. The van der Waals surface area contributed by atoms with Crippen LogP contribution in [-0.4, -0.2) is 33.7 Å². The summed E-state index contributed by atoms with van der Waals surface area (Å²) in [4.78, 5) is 9.10. The molecule has 1 aliphatic rings. The topological polar surface area (TPSA) is 109 Å². The van der Waals surface area contributed by atoms with Crippen LogP contribution in [-0.2, 0) is 6.54 Å². The largest absolute Gasteiger partial charge is 0.497 e. The van der Waals surface area contributed by atoms with Crippen molar-refractivity contribution >= 4 is 22.8 Å². The Bertz CT molecular complexity index is 1660. The number of aromatic nitrogens is 4. The second-order valence-corrected chi connectivity index (χ2v) is 8.26. The van der Waals surface area contributed by atoms with E-state index < -0.39 is 11.6 Å². The summed E-state index contributed by atoms with van der Waals surface area (Å²) in [5.74, 6) is 1.04. The molecular weight excluding hydrogens is 482 g/mol. The van der Waals surface area contributed by atoms with E-state index in [0.717, 1.165) is 5.56 Å². The monoisotopic (exact) mass is 502 g/mol. The van der Waals surface area contributed by atoms with Crippen molar-refractivity contribution in [2.45, 2.75) is 6.54 Å². The molecule has 9 nitrogen and oxygen atoms in total. The predicted octanol–water partition coefficient (Wildman–Crippen LogP) is 4.69. The molecule has 5 aromatic rings. The molecule has 0 radical (unpaired) electrons. The first-order valence-corrected chi connectivity index (χ1v) is 11.3. The molecule has 3 heterocycles. The van der Waals surface area contributed by atoms with Gasteiger partial charge in [0.25, 0.3) is 0 Å². The van der Waals surface area contributed by atoms with Gasteiger partial charge in [-0.15, -0.1) is 5.10 Å². The highest BCUT2D eigenvalue weighted by Crippen LogP contribution is 2.36. The van der Waals surface area contributed by atoms with E-state index in [1.165, 1.54) is 30.0 Å². The number of fused-ring (bicyclic) bond motifs is 2. The quantitative estimate of drug-likeness (QED) is 0.344. The molecule has 11 heteroatoms. The van der Waals surface area contributed by atoms with Crippen LogP contribution in [0.25, 0.3) is 28.0 Å². The van der Waals surface area contributed by atoms with Crippen LogP contribution < -0.4 is 25.3 Å². The van der Waals surface area contributed by atoms with Gasteiger partial charge in [-0.25, -0.2) is 18.4 Å². The summed E-state index contributed by atoms with van der Waals surface area (Å²) in [5, 5.41) is 7.98. The fourth-order valence-corrected chi connectivity index (χ4v) is 4.14. The number of halogens is 2. The number of methoxy groups -OCH3 is 1. The van der Waals surface area contributed by atoms with Crippen molar-refractivity contribution in [1.82, 2.24) is 19.7 Å². The van der Waals surface area contributed by atoms with Gasteiger partial charge in [-0.05, 0) is 48.0 Å². The van der Waals surface area contributed by atoms with Crippen molar-refractivity contribution in [3.05, 3.63) is 77.9 Å². The first-order valence-electron chi connectivity index (χ1n) is 11.3. The van der Waals surface area contributed by atoms with E-state index in [2.05, 4.69) is 20.4 Å². The lowest BCUT2D eigenvalue weighted by Gasteiger charge is -2.10. The van der Waals surface area contributed by atoms with Gasteiger partial charge < -0.3 is 25.3 Å². The van der Waals surface area contributed by atoms with Crippen LogP contribution in [0.3, 0.4) is 0 Å². The summed E-state index contributed by atoms with van der Waals surface area (Å²) in [5.41, 5.74) is 8.37. The third-order valence-corrected chi connectivity index (χ3v) is 5.94. The SMILES string of the molecule is COc1ccc(-c2nc(NCc3ccc4c(c3)OCO4)nc3nn(-c4cccc(F)c4)c(N)c23)c(F)c1. The minimum atomic E-state index is -0.557. The molecule has 3 aromatic carbocycles. The molecule has 0 unspecified atom stereocenters. The zero-order valence-corrected chi connectivity index (χ0v) is 19.5. The van der Waals surface area contributed by atoms with Crippen molar-refractivity contribution in [2.75, 3.05) is 25.0 Å². The number of hydrogen-bond acceptors (Lipinski definition) is 8. The fourth-order valence-electron chi connectivity index (χ4n) is 4.14. The van der Waals surface area contributed by atoms with Crippen LogP contribution in [0.4, 0.5) is 20.5 Å². The zero-order valence-electron chi connectivity index (χ0n) is 19.5. The Morgan fingerprint density at radius 3 is 2.70 bits per heavy atom. The van der Waals surface area contributed by atoms with E-state index in [1.807, 2.05) is 18.2 Å². The average molecular weight is 502 g/mol. The maximum Gasteiger partial charge on any atom is 0.231 e. The number of anilines is 2. The maximum absolute atomic E-state index is 15.2. The molecule has 0 saturated carbocycles. The standard InChI is InChI=1S/C26H20F2N6O3/c1-35-17-6-7-18(19(28)11-17)23-22-24(29)34(16-4-2-3-15(27)10-16)33-25(22)32-26(31-23)30-12-14-5-8-20-21(9-14)37-13-36-20/h2-11H,12-13,29H2,1H3,(H,30,32,33). The second kappa shape index (κ2) is 8.94.